The molecule has 8 nitrogen and oxygen atoms in total. The van der Waals surface area contributed by atoms with Crippen LogP contribution in [-0.4, -0.2) is 54.2 Å². The molecule has 2 heterocycles. The molecule has 2 aromatic carbocycles. The van der Waals surface area contributed by atoms with E-state index in [1.807, 2.05) is 0 Å². The number of unbranched alkanes of at least 4 members (excludes halogenated alkanes) is 1. The molecule has 1 unspecified atom stereocenters. The van der Waals surface area contributed by atoms with Crippen LogP contribution in [0.3, 0.4) is 0 Å². The highest BCUT2D eigenvalue weighted by Crippen LogP contribution is 2.50. The van der Waals surface area contributed by atoms with Crippen LogP contribution in [0.2, 0.25) is 0 Å². The van der Waals surface area contributed by atoms with Crippen molar-refractivity contribution in [3.8, 4) is 17.2 Å². The molecule has 0 radical (unpaired) electrons. The maximum atomic E-state index is 13.0. The molecule has 0 spiro atoms. The van der Waals surface area contributed by atoms with Crippen LogP contribution in [-0.2, 0) is 15.9 Å². The number of imide groups is 1. The summed E-state index contributed by atoms with van der Waals surface area (Å²) in [6.07, 6.45) is -11.3. The van der Waals surface area contributed by atoms with Crippen LogP contribution in [0.25, 0.3) is 0 Å². The summed E-state index contributed by atoms with van der Waals surface area (Å²) in [5.74, 6) is 0.485. The number of carbonyl (C=O) groups excluding carboxylic acids is 2. The SMILES string of the molecule is CC1(c2ccc3c(c2)OCO3)NC(=O)N(CCCCOc2ccc(C(O)(C(F)(F)F)C(F)(F)F)cc2)C1=O. The Morgan fingerprint density at radius 1 is 0.974 bits per heavy atom. The molecule has 206 valence electrons. The van der Waals surface area contributed by atoms with Crippen LogP contribution in [0.4, 0.5) is 31.1 Å². The van der Waals surface area contributed by atoms with E-state index in [0.717, 1.165) is 17.0 Å². The van der Waals surface area contributed by atoms with Crippen molar-refractivity contribution in [2.45, 2.75) is 43.3 Å². The molecule has 14 heteroatoms. The van der Waals surface area contributed by atoms with E-state index in [1.165, 1.54) is 0 Å². The van der Waals surface area contributed by atoms with Gasteiger partial charge in [-0.15, -0.1) is 0 Å². The van der Waals surface area contributed by atoms with Crippen molar-refractivity contribution in [3.05, 3.63) is 53.6 Å². The Bertz CT molecular complexity index is 1200. The number of halogens is 6. The van der Waals surface area contributed by atoms with Gasteiger partial charge >= 0.3 is 18.4 Å². The van der Waals surface area contributed by atoms with Gasteiger partial charge in [0.25, 0.3) is 11.5 Å². The number of benzene rings is 2. The smallest absolute Gasteiger partial charge is 0.430 e. The molecular formula is C24H22F6N2O6. The minimum absolute atomic E-state index is 0.00519. The van der Waals surface area contributed by atoms with Gasteiger partial charge in [-0.1, -0.05) is 18.2 Å². The predicted molar refractivity (Wildman–Crippen MR) is 117 cm³/mol. The molecule has 0 bridgehead atoms. The quantitative estimate of drug-likeness (QED) is 0.289. The Morgan fingerprint density at radius 3 is 2.24 bits per heavy atom. The summed E-state index contributed by atoms with van der Waals surface area (Å²) < 4.78 is 93.8. The number of urea groups is 1. The van der Waals surface area contributed by atoms with Crippen molar-refractivity contribution >= 4 is 11.9 Å². The Morgan fingerprint density at radius 2 is 1.61 bits per heavy atom. The van der Waals surface area contributed by atoms with Crippen LogP contribution in [0.15, 0.2) is 42.5 Å². The fourth-order valence-electron chi connectivity index (χ4n) is 4.15. The van der Waals surface area contributed by atoms with Gasteiger partial charge in [-0.2, -0.15) is 26.3 Å². The number of fused-ring (bicyclic) bond motifs is 1. The number of nitrogens with one attached hydrogen (secondary N) is 1. The third kappa shape index (κ3) is 4.68. The zero-order valence-corrected chi connectivity index (χ0v) is 19.8. The molecule has 0 aliphatic carbocycles. The van der Waals surface area contributed by atoms with E-state index in [0.29, 0.717) is 42.0 Å². The first-order chi connectivity index (χ1) is 17.7. The van der Waals surface area contributed by atoms with Gasteiger partial charge < -0.3 is 24.6 Å². The second kappa shape index (κ2) is 9.57. The van der Waals surface area contributed by atoms with Crippen LogP contribution >= 0.6 is 0 Å². The number of ether oxygens (including phenoxy) is 3. The van der Waals surface area contributed by atoms with Crippen molar-refractivity contribution < 1.29 is 55.2 Å². The van der Waals surface area contributed by atoms with Gasteiger partial charge in [0.15, 0.2) is 11.5 Å². The van der Waals surface area contributed by atoms with Crippen molar-refractivity contribution in [2.24, 2.45) is 0 Å². The van der Waals surface area contributed by atoms with Gasteiger partial charge in [-0.05, 0) is 49.6 Å². The van der Waals surface area contributed by atoms with Crippen molar-refractivity contribution in [2.75, 3.05) is 19.9 Å². The van der Waals surface area contributed by atoms with E-state index in [-0.39, 0.29) is 25.7 Å². The van der Waals surface area contributed by atoms with E-state index in [9.17, 15) is 41.0 Å². The first kappa shape index (κ1) is 27.4. The summed E-state index contributed by atoms with van der Waals surface area (Å²) in [5, 5.41) is 12.1. The zero-order valence-electron chi connectivity index (χ0n) is 19.8. The first-order valence-electron chi connectivity index (χ1n) is 11.3. The summed E-state index contributed by atoms with van der Waals surface area (Å²) >= 11 is 0. The van der Waals surface area contributed by atoms with Gasteiger partial charge in [0.05, 0.1) is 6.61 Å². The number of alkyl halides is 6. The zero-order chi connectivity index (χ0) is 27.9. The summed E-state index contributed by atoms with van der Waals surface area (Å²) in [6, 6.07) is 7.06. The lowest BCUT2D eigenvalue weighted by atomic mass is 9.91. The fraction of sp³-hybridized carbons (Fsp3) is 0.417. The maximum Gasteiger partial charge on any atom is 0.430 e. The summed E-state index contributed by atoms with van der Waals surface area (Å²) in [5.41, 5.74) is -7.21. The third-order valence-electron chi connectivity index (χ3n) is 6.36. The van der Waals surface area contributed by atoms with Crippen molar-refractivity contribution in [1.29, 1.82) is 0 Å². The first-order valence-corrected chi connectivity index (χ1v) is 11.3. The molecule has 38 heavy (non-hydrogen) atoms. The fourth-order valence-corrected chi connectivity index (χ4v) is 4.15. The standard InChI is InChI=1S/C24H22F6N2O6/c1-21(15-6-9-17-18(12-15)38-13-37-17)19(33)32(20(34)31-21)10-2-3-11-36-16-7-4-14(5-8-16)22(35,23(25,26)27)24(28,29)30/h4-9,12,35H,2-3,10-11,13H2,1H3,(H,31,34). The van der Waals surface area contributed by atoms with E-state index >= 15 is 0 Å². The number of amides is 3. The van der Waals surface area contributed by atoms with Crippen molar-refractivity contribution in [3.63, 3.8) is 0 Å². The highest BCUT2D eigenvalue weighted by atomic mass is 19.4. The Hall–Kier alpha value is -3.68. The largest absolute Gasteiger partial charge is 0.494 e. The molecule has 2 aromatic rings. The Kier molecular flexibility index (Phi) is 6.89. The molecule has 0 aromatic heterocycles. The normalized spacial score (nSPS) is 19.6. The number of hydrogen-bond acceptors (Lipinski definition) is 6. The summed E-state index contributed by atoms with van der Waals surface area (Å²) in [6.45, 7) is 1.68. The second-order valence-electron chi connectivity index (χ2n) is 8.87. The summed E-state index contributed by atoms with van der Waals surface area (Å²) in [4.78, 5) is 26.6. The molecule has 2 aliphatic heterocycles. The topological polar surface area (TPSA) is 97.3 Å². The molecule has 2 N–H and O–H groups in total. The lowest BCUT2D eigenvalue weighted by Crippen LogP contribution is -2.53. The van der Waals surface area contributed by atoms with Gasteiger partial charge in [0.1, 0.15) is 11.3 Å². The lowest BCUT2D eigenvalue weighted by molar-refractivity contribution is -0.376. The highest BCUT2D eigenvalue weighted by Gasteiger charge is 2.71. The molecular weight excluding hydrogens is 526 g/mol. The number of nitrogens with zero attached hydrogens (tertiary/aromatic N) is 1. The average Bonchev–Trinajstić information content (AvgIpc) is 3.40. The second-order valence-corrected chi connectivity index (χ2v) is 8.87. The van der Waals surface area contributed by atoms with Crippen LogP contribution in [0, 0.1) is 0 Å². The van der Waals surface area contributed by atoms with Crippen LogP contribution < -0.4 is 19.5 Å². The Balaban J connectivity index is 1.30. The minimum Gasteiger partial charge on any atom is -0.494 e. The maximum absolute atomic E-state index is 13.0. The van der Waals surface area contributed by atoms with E-state index in [4.69, 9.17) is 14.2 Å². The molecule has 1 atom stereocenters. The van der Waals surface area contributed by atoms with Gasteiger partial charge in [-0.25, -0.2) is 4.79 Å². The molecule has 0 saturated carbocycles. The number of hydrogen-bond donors (Lipinski definition) is 2. The van der Waals surface area contributed by atoms with E-state index in [1.54, 1.807) is 25.1 Å². The highest BCUT2D eigenvalue weighted by molar-refractivity contribution is 6.07. The molecule has 4 rings (SSSR count). The summed E-state index contributed by atoms with van der Waals surface area (Å²) in [7, 11) is 0. The Labute approximate surface area is 212 Å². The number of aliphatic hydroxyl groups is 1. The average molecular weight is 548 g/mol. The number of rotatable bonds is 8. The molecule has 2 aliphatic rings. The van der Waals surface area contributed by atoms with Gasteiger partial charge in [0.2, 0.25) is 6.79 Å². The van der Waals surface area contributed by atoms with Gasteiger partial charge in [-0.3, -0.25) is 9.69 Å². The minimum atomic E-state index is -5.98. The molecule has 3 amide bonds. The predicted octanol–water partition coefficient (Wildman–Crippen LogP) is 4.35. The third-order valence-corrected chi connectivity index (χ3v) is 6.36. The van der Waals surface area contributed by atoms with Crippen LogP contribution in [0.5, 0.6) is 17.2 Å². The molecule has 1 fully saturated rings. The van der Waals surface area contributed by atoms with Crippen molar-refractivity contribution in [1.82, 2.24) is 10.2 Å². The molecule has 1 saturated heterocycles. The van der Waals surface area contributed by atoms with E-state index < -0.39 is 41.0 Å². The monoisotopic (exact) mass is 548 g/mol. The van der Waals surface area contributed by atoms with E-state index in [2.05, 4.69) is 5.32 Å². The van der Waals surface area contributed by atoms with Crippen LogP contribution in [0.1, 0.15) is 30.9 Å². The van der Waals surface area contributed by atoms with Gasteiger partial charge in [0, 0.05) is 12.1 Å². The lowest BCUT2D eigenvalue weighted by Gasteiger charge is -2.32. The number of carbonyl (C=O) groups is 2.